The van der Waals surface area contributed by atoms with Crippen LogP contribution < -0.4 is 5.73 Å². The van der Waals surface area contributed by atoms with Gasteiger partial charge in [0.15, 0.2) is 0 Å². The van der Waals surface area contributed by atoms with Crippen molar-refractivity contribution >= 4 is 22.6 Å². The van der Waals surface area contributed by atoms with Crippen molar-refractivity contribution in [1.82, 2.24) is 9.55 Å². The van der Waals surface area contributed by atoms with Crippen LogP contribution in [0.15, 0.2) is 42.5 Å². The summed E-state index contributed by atoms with van der Waals surface area (Å²) in [5, 5.41) is 0.735. The largest absolute Gasteiger partial charge is 0.326 e. The van der Waals surface area contributed by atoms with Crippen LogP contribution in [0.25, 0.3) is 22.4 Å². The zero-order valence-corrected chi connectivity index (χ0v) is 12.9. The Morgan fingerprint density at radius 2 is 1.86 bits per heavy atom. The first-order valence-corrected chi connectivity index (χ1v) is 7.45. The Balaban J connectivity index is 2.26. The van der Waals surface area contributed by atoms with Crippen LogP contribution in [-0.4, -0.2) is 9.55 Å². The first-order chi connectivity index (χ1) is 10.1. The fourth-order valence-corrected chi connectivity index (χ4v) is 2.86. The Morgan fingerprint density at radius 3 is 2.48 bits per heavy atom. The lowest BCUT2D eigenvalue weighted by molar-refractivity contribution is 0.624. The Bertz CT molecular complexity index is 773. The Labute approximate surface area is 129 Å². The second-order valence-corrected chi connectivity index (χ2v) is 5.81. The molecule has 1 heterocycles. The summed E-state index contributed by atoms with van der Waals surface area (Å²) in [6.45, 7) is 4.83. The first-order valence-electron chi connectivity index (χ1n) is 7.07. The summed E-state index contributed by atoms with van der Waals surface area (Å²) in [7, 11) is 0. The van der Waals surface area contributed by atoms with Crippen molar-refractivity contribution in [3.05, 3.63) is 53.1 Å². The molecule has 0 unspecified atom stereocenters. The van der Waals surface area contributed by atoms with Gasteiger partial charge in [-0.3, -0.25) is 0 Å². The summed E-state index contributed by atoms with van der Waals surface area (Å²) in [4.78, 5) is 4.77. The first kappa shape index (κ1) is 14.1. The lowest BCUT2D eigenvalue weighted by Crippen LogP contribution is -2.03. The molecule has 4 heteroatoms. The second kappa shape index (κ2) is 5.51. The van der Waals surface area contributed by atoms with Crippen LogP contribution in [0, 0.1) is 0 Å². The van der Waals surface area contributed by atoms with Gasteiger partial charge in [-0.15, -0.1) is 0 Å². The molecule has 1 aromatic heterocycles. The van der Waals surface area contributed by atoms with Crippen molar-refractivity contribution in [2.24, 2.45) is 5.73 Å². The van der Waals surface area contributed by atoms with Gasteiger partial charge in [0, 0.05) is 18.2 Å². The number of hydrogen-bond donors (Lipinski definition) is 1. The van der Waals surface area contributed by atoms with Gasteiger partial charge >= 0.3 is 0 Å². The predicted octanol–water partition coefficient (Wildman–Crippen LogP) is 4.40. The molecule has 0 amide bonds. The van der Waals surface area contributed by atoms with Crippen LogP contribution in [0.3, 0.4) is 0 Å². The third kappa shape index (κ3) is 2.43. The summed E-state index contributed by atoms with van der Waals surface area (Å²) in [6, 6.07) is 14.3. The average Bonchev–Trinajstić information content (AvgIpc) is 2.88. The molecule has 0 fully saturated rings. The van der Waals surface area contributed by atoms with Gasteiger partial charge in [-0.05, 0) is 31.5 Å². The van der Waals surface area contributed by atoms with Crippen LogP contribution >= 0.6 is 11.6 Å². The van der Waals surface area contributed by atoms with Crippen molar-refractivity contribution in [3.63, 3.8) is 0 Å². The predicted molar refractivity (Wildman–Crippen MR) is 88.5 cm³/mol. The summed E-state index contributed by atoms with van der Waals surface area (Å²) >= 11 is 6.38. The van der Waals surface area contributed by atoms with E-state index in [1.807, 2.05) is 30.3 Å². The lowest BCUT2D eigenvalue weighted by Gasteiger charge is -2.14. The molecule has 2 N–H and O–H groups in total. The van der Waals surface area contributed by atoms with Crippen LogP contribution in [-0.2, 0) is 6.54 Å². The number of imidazole rings is 1. The summed E-state index contributed by atoms with van der Waals surface area (Å²) in [6.07, 6.45) is 0. The van der Waals surface area contributed by atoms with E-state index in [9.17, 15) is 0 Å². The molecule has 3 rings (SSSR count). The molecule has 2 aromatic carbocycles. The van der Waals surface area contributed by atoms with Gasteiger partial charge in [-0.2, -0.15) is 0 Å². The van der Waals surface area contributed by atoms with Gasteiger partial charge in [0.05, 0.1) is 16.1 Å². The fourth-order valence-electron chi connectivity index (χ4n) is 2.60. The van der Waals surface area contributed by atoms with Gasteiger partial charge in [0.2, 0.25) is 0 Å². The molecule has 0 radical (unpaired) electrons. The van der Waals surface area contributed by atoms with Gasteiger partial charge in [0.25, 0.3) is 0 Å². The molecule has 0 saturated carbocycles. The highest BCUT2D eigenvalue weighted by Gasteiger charge is 2.16. The minimum atomic E-state index is 0.277. The summed E-state index contributed by atoms with van der Waals surface area (Å²) in [5.74, 6) is 0.941. The molecule has 0 bridgehead atoms. The molecule has 0 aliphatic rings. The van der Waals surface area contributed by atoms with Gasteiger partial charge in [0.1, 0.15) is 5.82 Å². The normalized spacial score (nSPS) is 11.5. The molecule has 0 aliphatic carbocycles. The highest BCUT2D eigenvalue weighted by Crippen LogP contribution is 2.32. The number of halogens is 1. The zero-order valence-electron chi connectivity index (χ0n) is 12.2. The molecule has 0 spiro atoms. The van der Waals surface area contributed by atoms with E-state index in [0.717, 1.165) is 33.0 Å². The summed E-state index contributed by atoms with van der Waals surface area (Å²) < 4.78 is 2.19. The highest BCUT2D eigenvalue weighted by atomic mass is 35.5. The van der Waals surface area contributed by atoms with E-state index in [1.54, 1.807) is 0 Å². The molecular formula is C17H18ClN3. The van der Waals surface area contributed by atoms with Gasteiger partial charge in [-0.25, -0.2) is 4.98 Å². The number of benzene rings is 2. The van der Waals surface area contributed by atoms with E-state index in [0.29, 0.717) is 6.54 Å². The number of rotatable bonds is 3. The van der Waals surface area contributed by atoms with Crippen molar-refractivity contribution in [2.75, 3.05) is 0 Å². The van der Waals surface area contributed by atoms with Crippen molar-refractivity contribution < 1.29 is 0 Å². The van der Waals surface area contributed by atoms with Gasteiger partial charge < -0.3 is 10.3 Å². The molecule has 0 saturated heterocycles. The average molecular weight is 300 g/mol. The molecule has 3 nitrogen and oxygen atoms in total. The number of para-hydroxylation sites is 1. The van der Waals surface area contributed by atoms with Crippen molar-refractivity contribution in [2.45, 2.75) is 26.4 Å². The maximum absolute atomic E-state index is 6.38. The van der Waals surface area contributed by atoms with Gasteiger partial charge in [-0.1, -0.05) is 41.9 Å². The van der Waals surface area contributed by atoms with Crippen LogP contribution in [0.2, 0.25) is 5.02 Å². The van der Waals surface area contributed by atoms with E-state index in [1.165, 1.54) is 0 Å². The number of nitrogens with two attached hydrogens (primary N) is 1. The molecule has 3 aromatic rings. The quantitative estimate of drug-likeness (QED) is 0.779. The fraction of sp³-hybridized carbons (Fsp3) is 0.235. The Kier molecular flexibility index (Phi) is 3.70. The number of fused-ring (bicyclic) bond motifs is 1. The maximum Gasteiger partial charge on any atom is 0.141 e. The Morgan fingerprint density at radius 1 is 1.14 bits per heavy atom. The van der Waals surface area contributed by atoms with Crippen LogP contribution in [0.4, 0.5) is 0 Å². The van der Waals surface area contributed by atoms with E-state index >= 15 is 0 Å². The number of aromatic nitrogens is 2. The van der Waals surface area contributed by atoms with Crippen molar-refractivity contribution in [3.8, 4) is 11.4 Å². The zero-order chi connectivity index (χ0) is 15.0. The molecule has 108 valence electrons. The minimum Gasteiger partial charge on any atom is -0.326 e. The monoisotopic (exact) mass is 299 g/mol. The topological polar surface area (TPSA) is 43.8 Å². The molecular weight excluding hydrogens is 282 g/mol. The maximum atomic E-state index is 6.38. The highest BCUT2D eigenvalue weighted by molar-refractivity contribution is 6.35. The number of nitrogens with zero attached hydrogens (tertiary/aromatic N) is 2. The Hall–Kier alpha value is -1.84. The third-order valence-corrected chi connectivity index (χ3v) is 3.93. The molecule has 0 aliphatic heterocycles. The number of hydrogen-bond acceptors (Lipinski definition) is 2. The van der Waals surface area contributed by atoms with Crippen LogP contribution in [0.1, 0.15) is 25.5 Å². The SMILES string of the molecule is CC(C)n1c(-c2ccc(CN)cc2)nc2cccc(Cl)c21. The standard InChI is InChI=1S/C17H18ClN3/c1-11(2)21-16-14(18)4-3-5-15(16)20-17(21)13-8-6-12(10-19)7-9-13/h3-9,11H,10,19H2,1-2H3. The minimum absolute atomic E-state index is 0.277. The third-order valence-electron chi connectivity index (χ3n) is 3.63. The van der Waals surface area contributed by atoms with E-state index in [2.05, 4.69) is 30.5 Å². The summed E-state index contributed by atoms with van der Waals surface area (Å²) in [5.41, 5.74) is 9.77. The van der Waals surface area contributed by atoms with Crippen molar-refractivity contribution in [1.29, 1.82) is 0 Å². The second-order valence-electron chi connectivity index (χ2n) is 5.41. The molecule has 0 atom stereocenters. The van der Waals surface area contributed by atoms with E-state index in [-0.39, 0.29) is 6.04 Å². The van der Waals surface area contributed by atoms with E-state index in [4.69, 9.17) is 22.3 Å². The lowest BCUT2D eigenvalue weighted by atomic mass is 10.1. The van der Waals surface area contributed by atoms with Crippen LogP contribution in [0.5, 0.6) is 0 Å². The smallest absolute Gasteiger partial charge is 0.141 e. The molecule has 21 heavy (non-hydrogen) atoms. The van der Waals surface area contributed by atoms with E-state index < -0.39 is 0 Å².